The number of likely N-dealkylation sites (tertiary alicyclic amines) is 1. The molecule has 0 aliphatic carbocycles. The van der Waals surface area contributed by atoms with Crippen molar-refractivity contribution in [3.05, 3.63) is 57.6 Å². The van der Waals surface area contributed by atoms with E-state index in [-0.39, 0.29) is 12.4 Å². The number of carbonyl (C=O) groups is 3. The van der Waals surface area contributed by atoms with Crippen LogP contribution in [0.3, 0.4) is 0 Å². The molecule has 2 aliphatic rings. The van der Waals surface area contributed by atoms with Gasteiger partial charge in [0.15, 0.2) is 0 Å². The Kier molecular flexibility index (Phi) is 7.05. The summed E-state index contributed by atoms with van der Waals surface area (Å²) in [6.45, 7) is 10.4. The summed E-state index contributed by atoms with van der Waals surface area (Å²) in [6, 6.07) is 8.29. The minimum atomic E-state index is -0.430. The van der Waals surface area contributed by atoms with Gasteiger partial charge in [0.1, 0.15) is 0 Å². The van der Waals surface area contributed by atoms with Crippen LogP contribution < -0.4 is 0 Å². The van der Waals surface area contributed by atoms with Gasteiger partial charge in [0, 0.05) is 26.2 Å². The molecule has 0 aromatic heterocycles. The number of esters is 1. The Morgan fingerprint density at radius 1 is 0.824 bits per heavy atom. The summed E-state index contributed by atoms with van der Waals surface area (Å²) >= 11 is 0. The van der Waals surface area contributed by atoms with E-state index in [1.807, 2.05) is 20.8 Å². The Hall–Kier alpha value is -3.15. The second-order valence-electron chi connectivity index (χ2n) is 9.42. The van der Waals surface area contributed by atoms with Crippen molar-refractivity contribution in [1.82, 2.24) is 9.80 Å². The van der Waals surface area contributed by atoms with Gasteiger partial charge in [0.25, 0.3) is 0 Å². The van der Waals surface area contributed by atoms with E-state index in [1.54, 1.807) is 9.80 Å². The fraction of sp³-hybridized carbons (Fsp3) is 0.464. The number of nitrogens with zero attached hydrogens (tertiary/aromatic N) is 2. The van der Waals surface area contributed by atoms with E-state index >= 15 is 0 Å². The highest BCUT2D eigenvalue weighted by Gasteiger charge is 2.35. The first-order valence-electron chi connectivity index (χ1n) is 12.3. The molecular weight excluding hydrogens is 428 g/mol. The van der Waals surface area contributed by atoms with Crippen molar-refractivity contribution in [3.8, 4) is 11.1 Å². The van der Waals surface area contributed by atoms with Gasteiger partial charge in [-0.25, -0.2) is 0 Å². The summed E-state index contributed by atoms with van der Waals surface area (Å²) in [7, 11) is 0. The Morgan fingerprint density at radius 2 is 1.41 bits per heavy atom. The lowest BCUT2D eigenvalue weighted by Crippen LogP contribution is -2.45. The van der Waals surface area contributed by atoms with Crippen LogP contribution >= 0.6 is 0 Å². The van der Waals surface area contributed by atoms with Gasteiger partial charge in [0.05, 0.1) is 13.0 Å². The molecule has 0 atom stereocenters. The molecule has 0 spiro atoms. The third-order valence-electron chi connectivity index (χ3n) is 7.18. The monoisotopic (exact) mass is 462 g/mol. The topological polar surface area (TPSA) is 66.9 Å². The van der Waals surface area contributed by atoms with E-state index in [0.29, 0.717) is 32.8 Å². The number of hydrogen-bond donors (Lipinski definition) is 0. The Labute approximate surface area is 201 Å². The van der Waals surface area contributed by atoms with Gasteiger partial charge < -0.3 is 14.5 Å². The average molecular weight is 463 g/mol. The van der Waals surface area contributed by atoms with E-state index in [0.717, 1.165) is 58.2 Å². The van der Waals surface area contributed by atoms with E-state index in [4.69, 9.17) is 4.74 Å². The molecule has 0 saturated carbocycles. The van der Waals surface area contributed by atoms with Crippen LogP contribution in [-0.2, 0) is 38.6 Å². The van der Waals surface area contributed by atoms with Gasteiger partial charge in [0.2, 0.25) is 0 Å². The molecule has 1 saturated heterocycles. The summed E-state index contributed by atoms with van der Waals surface area (Å²) in [5, 5.41) is 0. The number of hydrogen-bond acceptors (Lipinski definition) is 4. The molecule has 2 heterocycles. The van der Waals surface area contributed by atoms with Gasteiger partial charge in [-0.3, -0.25) is 14.4 Å². The van der Waals surface area contributed by atoms with Crippen LogP contribution in [0.1, 0.15) is 59.6 Å². The van der Waals surface area contributed by atoms with Crippen LogP contribution in [0.25, 0.3) is 11.1 Å². The van der Waals surface area contributed by atoms with E-state index in [2.05, 4.69) is 31.2 Å². The maximum atomic E-state index is 13.1. The second-order valence-corrected chi connectivity index (χ2v) is 9.42. The zero-order chi connectivity index (χ0) is 24.4. The molecule has 2 aliphatic heterocycles. The van der Waals surface area contributed by atoms with Crippen LogP contribution in [-0.4, -0.2) is 47.3 Å². The molecule has 1 fully saturated rings. The largest absolute Gasteiger partial charge is 0.466 e. The van der Waals surface area contributed by atoms with E-state index in [1.165, 1.54) is 5.56 Å². The smallest absolute Gasteiger partial charge is 0.312 e. The first-order chi connectivity index (χ1) is 16.3. The lowest BCUT2D eigenvalue weighted by molar-refractivity contribution is -0.152. The first kappa shape index (κ1) is 24.0. The number of ether oxygens (including phenoxy) is 1. The predicted molar refractivity (Wildman–Crippen MR) is 131 cm³/mol. The maximum absolute atomic E-state index is 13.1. The Balaban J connectivity index is 1.72. The number of rotatable bonds is 4. The Morgan fingerprint density at radius 3 is 2.03 bits per heavy atom. The third kappa shape index (κ3) is 4.59. The standard InChI is InChI=1S/C28H34N2O4/c1-5-34-25(31)15-22-19(3)23-16-30(28(33)27(32)29-13-7-6-8-14-29)17-24(23)20(4)26(22)21-11-9-18(2)10-12-21/h9-12H,5-8,13-17H2,1-4H3. The lowest BCUT2D eigenvalue weighted by atomic mass is 9.84. The number of carbonyl (C=O) groups excluding carboxylic acids is 3. The predicted octanol–water partition coefficient (Wildman–Crippen LogP) is 4.24. The first-order valence-corrected chi connectivity index (χ1v) is 12.3. The van der Waals surface area contributed by atoms with Crippen molar-refractivity contribution in [1.29, 1.82) is 0 Å². The molecule has 2 aromatic carbocycles. The summed E-state index contributed by atoms with van der Waals surface area (Å²) in [4.78, 5) is 41.9. The lowest BCUT2D eigenvalue weighted by Gasteiger charge is -2.27. The quantitative estimate of drug-likeness (QED) is 0.504. The molecule has 0 unspecified atom stereocenters. The fourth-order valence-electron chi connectivity index (χ4n) is 5.26. The number of amides is 2. The van der Waals surface area contributed by atoms with Gasteiger partial charge >= 0.3 is 17.8 Å². The highest BCUT2D eigenvalue weighted by molar-refractivity contribution is 6.35. The fourth-order valence-corrected chi connectivity index (χ4v) is 5.26. The van der Waals surface area contributed by atoms with E-state index in [9.17, 15) is 14.4 Å². The van der Waals surface area contributed by atoms with Crippen LogP contribution in [0.4, 0.5) is 0 Å². The molecule has 0 bridgehead atoms. The molecule has 0 N–H and O–H groups in total. The summed E-state index contributed by atoms with van der Waals surface area (Å²) in [6.07, 6.45) is 3.19. The molecular formula is C28H34N2O4. The Bertz CT molecular complexity index is 1110. The third-order valence-corrected chi connectivity index (χ3v) is 7.18. The SMILES string of the molecule is CCOC(=O)Cc1c(C)c2c(c(C)c1-c1ccc(C)cc1)CN(C(=O)C(=O)N1CCCCC1)C2. The van der Waals surface area contributed by atoms with Crippen molar-refractivity contribution in [2.24, 2.45) is 0 Å². The summed E-state index contributed by atoms with van der Waals surface area (Å²) in [5.41, 5.74) is 8.38. The maximum Gasteiger partial charge on any atom is 0.312 e. The van der Waals surface area contributed by atoms with Crippen molar-refractivity contribution >= 4 is 17.8 Å². The van der Waals surface area contributed by atoms with Gasteiger partial charge in [-0.1, -0.05) is 29.8 Å². The molecule has 2 aromatic rings. The summed E-state index contributed by atoms with van der Waals surface area (Å²) in [5.74, 6) is -1.08. The number of aryl methyl sites for hydroxylation is 1. The van der Waals surface area contributed by atoms with Crippen molar-refractivity contribution < 1.29 is 19.1 Å². The number of piperidine rings is 1. The van der Waals surface area contributed by atoms with Crippen LogP contribution in [0.15, 0.2) is 24.3 Å². The van der Waals surface area contributed by atoms with E-state index < -0.39 is 11.8 Å². The molecule has 2 amide bonds. The summed E-state index contributed by atoms with van der Waals surface area (Å²) < 4.78 is 5.27. The number of fused-ring (bicyclic) bond motifs is 1. The van der Waals surface area contributed by atoms with Crippen molar-refractivity contribution in [2.75, 3.05) is 19.7 Å². The average Bonchev–Trinajstić information content (AvgIpc) is 3.29. The second kappa shape index (κ2) is 10.00. The van der Waals surface area contributed by atoms with Crippen LogP contribution in [0.2, 0.25) is 0 Å². The van der Waals surface area contributed by atoms with Gasteiger partial charge in [-0.2, -0.15) is 0 Å². The van der Waals surface area contributed by atoms with Crippen molar-refractivity contribution in [2.45, 2.75) is 66.5 Å². The molecule has 6 heteroatoms. The normalized spacial score (nSPS) is 15.3. The molecule has 4 rings (SSSR count). The minimum Gasteiger partial charge on any atom is -0.466 e. The van der Waals surface area contributed by atoms with Crippen molar-refractivity contribution in [3.63, 3.8) is 0 Å². The highest BCUT2D eigenvalue weighted by atomic mass is 16.5. The zero-order valence-corrected chi connectivity index (χ0v) is 20.7. The van der Waals surface area contributed by atoms with Crippen LogP contribution in [0.5, 0.6) is 0 Å². The molecule has 180 valence electrons. The molecule has 6 nitrogen and oxygen atoms in total. The molecule has 0 radical (unpaired) electrons. The van der Waals surface area contributed by atoms with Gasteiger partial charge in [-0.15, -0.1) is 0 Å². The number of benzene rings is 2. The van der Waals surface area contributed by atoms with Crippen LogP contribution in [0, 0.1) is 20.8 Å². The van der Waals surface area contributed by atoms with Gasteiger partial charge in [-0.05, 0) is 85.9 Å². The molecule has 34 heavy (non-hydrogen) atoms. The highest BCUT2D eigenvalue weighted by Crippen LogP contribution is 2.39. The minimum absolute atomic E-state index is 0.178. The zero-order valence-electron chi connectivity index (χ0n) is 20.7.